The zero-order valence-corrected chi connectivity index (χ0v) is 12.8. The normalized spacial score (nSPS) is 12.6. The van der Waals surface area contributed by atoms with Crippen LogP contribution in [-0.2, 0) is 6.42 Å². The van der Waals surface area contributed by atoms with Gasteiger partial charge in [-0.1, -0.05) is 57.4 Å². The molecule has 0 spiro atoms. The average molecular weight is 330 g/mol. The first kappa shape index (κ1) is 13.1. The third-order valence-electron chi connectivity index (χ3n) is 2.81. The molecule has 0 saturated carbocycles. The fourth-order valence-corrected chi connectivity index (χ4v) is 3.57. The second-order valence-electron chi connectivity index (χ2n) is 4.17. The highest BCUT2D eigenvalue weighted by molar-refractivity contribution is 9.09. The molecular formula is C14H14BrClS. The second-order valence-corrected chi connectivity index (χ2v) is 6.62. The topological polar surface area (TPSA) is 0 Å². The summed E-state index contributed by atoms with van der Waals surface area (Å²) in [6.45, 7) is 2.12. The van der Waals surface area contributed by atoms with E-state index >= 15 is 0 Å². The monoisotopic (exact) mass is 328 g/mol. The van der Waals surface area contributed by atoms with Crippen LogP contribution in [-0.4, -0.2) is 5.33 Å². The van der Waals surface area contributed by atoms with E-state index in [-0.39, 0.29) is 0 Å². The molecule has 0 fully saturated rings. The van der Waals surface area contributed by atoms with Gasteiger partial charge in [0.05, 0.1) is 4.34 Å². The molecule has 0 aliphatic heterocycles. The predicted molar refractivity (Wildman–Crippen MR) is 80.7 cm³/mol. The van der Waals surface area contributed by atoms with Gasteiger partial charge in [0.1, 0.15) is 0 Å². The number of aryl methyl sites for hydroxylation is 1. The van der Waals surface area contributed by atoms with Crippen LogP contribution in [0, 0.1) is 6.92 Å². The predicted octanol–water partition coefficient (Wildman–Crippen LogP) is 5.43. The van der Waals surface area contributed by atoms with Crippen molar-refractivity contribution in [3.63, 3.8) is 0 Å². The zero-order chi connectivity index (χ0) is 12.3. The Labute approximate surface area is 120 Å². The molecule has 3 heteroatoms. The van der Waals surface area contributed by atoms with Crippen LogP contribution in [0.25, 0.3) is 0 Å². The smallest absolute Gasteiger partial charge is 0.0931 e. The molecule has 0 aliphatic carbocycles. The Hall–Kier alpha value is -0.310. The lowest BCUT2D eigenvalue weighted by Crippen LogP contribution is -2.03. The highest BCUT2D eigenvalue weighted by Gasteiger charge is 2.12. The third kappa shape index (κ3) is 3.57. The van der Waals surface area contributed by atoms with Gasteiger partial charge in [-0.05, 0) is 37.0 Å². The van der Waals surface area contributed by atoms with Crippen molar-refractivity contribution in [2.75, 3.05) is 5.33 Å². The van der Waals surface area contributed by atoms with Gasteiger partial charge in [0, 0.05) is 10.2 Å². The fraction of sp³-hybridized carbons (Fsp3) is 0.286. The highest BCUT2D eigenvalue weighted by Crippen LogP contribution is 2.29. The van der Waals surface area contributed by atoms with Crippen LogP contribution in [0.1, 0.15) is 21.9 Å². The lowest BCUT2D eigenvalue weighted by molar-refractivity contribution is 0.785. The third-order valence-corrected chi connectivity index (χ3v) is 4.85. The van der Waals surface area contributed by atoms with Gasteiger partial charge in [0.2, 0.25) is 0 Å². The van der Waals surface area contributed by atoms with E-state index in [0.29, 0.717) is 5.92 Å². The number of halogens is 2. The summed E-state index contributed by atoms with van der Waals surface area (Å²) < 4.78 is 0.872. The molecule has 1 aromatic carbocycles. The minimum Gasteiger partial charge on any atom is -0.128 e. The van der Waals surface area contributed by atoms with Gasteiger partial charge < -0.3 is 0 Å². The van der Waals surface area contributed by atoms with Crippen molar-refractivity contribution in [1.82, 2.24) is 0 Å². The average Bonchev–Trinajstić information content (AvgIpc) is 2.73. The molecule has 0 N–H and O–H groups in total. The largest absolute Gasteiger partial charge is 0.128 e. The summed E-state index contributed by atoms with van der Waals surface area (Å²) in [5.41, 5.74) is 2.69. The van der Waals surface area contributed by atoms with Crippen LogP contribution in [0.3, 0.4) is 0 Å². The summed E-state index contributed by atoms with van der Waals surface area (Å²) in [7, 11) is 0. The van der Waals surface area contributed by atoms with Gasteiger partial charge in [-0.15, -0.1) is 11.3 Å². The van der Waals surface area contributed by atoms with Crippen LogP contribution in [0.2, 0.25) is 4.34 Å². The van der Waals surface area contributed by atoms with E-state index in [1.165, 1.54) is 16.0 Å². The summed E-state index contributed by atoms with van der Waals surface area (Å²) in [5.74, 6) is 0.519. The lowest BCUT2D eigenvalue weighted by Gasteiger charge is -2.13. The summed E-state index contributed by atoms with van der Waals surface area (Å²) in [6, 6.07) is 12.9. The molecule has 0 aliphatic rings. The van der Waals surface area contributed by atoms with Crippen LogP contribution >= 0.6 is 38.9 Å². The Bertz CT molecular complexity index is 475. The number of alkyl halides is 1. The van der Waals surface area contributed by atoms with Crippen LogP contribution in [0.15, 0.2) is 36.4 Å². The van der Waals surface area contributed by atoms with E-state index in [4.69, 9.17) is 11.6 Å². The molecule has 0 radical (unpaired) electrons. The van der Waals surface area contributed by atoms with Gasteiger partial charge in [-0.3, -0.25) is 0 Å². The van der Waals surface area contributed by atoms with Crippen molar-refractivity contribution in [2.24, 2.45) is 0 Å². The molecule has 2 rings (SSSR count). The van der Waals surface area contributed by atoms with Crippen molar-refractivity contribution in [1.29, 1.82) is 0 Å². The van der Waals surface area contributed by atoms with Crippen LogP contribution in [0.5, 0.6) is 0 Å². The molecule has 2 aromatic rings. The maximum atomic E-state index is 5.96. The van der Waals surface area contributed by atoms with Gasteiger partial charge in [0.15, 0.2) is 0 Å². The van der Waals surface area contributed by atoms with Crippen LogP contribution < -0.4 is 0 Å². The van der Waals surface area contributed by atoms with Crippen molar-refractivity contribution in [3.05, 3.63) is 56.7 Å². The minimum absolute atomic E-state index is 0.519. The second kappa shape index (κ2) is 6.03. The summed E-state index contributed by atoms with van der Waals surface area (Å²) in [4.78, 5) is 1.35. The van der Waals surface area contributed by atoms with Gasteiger partial charge in [-0.2, -0.15) is 0 Å². The van der Waals surface area contributed by atoms with Crippen molar-refractivity contribution < 1.29 is 0 Å². The number of rotatable bonds is 4. The molecule has 1 unspecified atom stereocenters. The van der Waals surface area contributed by atoms with E-state index in [1.54, 1.807) is 11.3 Å². The summed E-state index contributed by atoms with van der Waals surface area (Å²) in [6.07, 6.45) is 1.05. The Morgan fingerprint density at radius 1 is 1.18 bits per heavy atom. The molecule has 1 heterocycles. The standard InChI is InChI=1S/C14H14BrClS/c1-10-2-4-11(5-3-10)12(9-15)8-13-6-7-14(16)17-13/h2-7,12H,8-9H2,1H3. The molecular weight excluding hydrogens is 316 g/mol. The molecule has 1 atom stereocenters. The molecule has 0 bridgehead atoms. The maximum absolute atomic E-state index is 5.96. The fourth-order valence-electron chi connectivity index (χ4n) is 1.80. The first-order valence-electron chi connectivity index (χ1n) is 5.56. The summed E-state index contributed by atoms with van der Waals surface area (Å²) in [5, 5.41) is 0.978. The molecule has 0 saturated heterocycles. The highest BCUT2D eigenvalue weighted by atomic mass is 79.9. The Kier molecular flexibility index (Phi) is 4.66. The van der Waals surface area contributed by atoms with Crippen molar-refractivity contribution in [3.8, 4) is 0 Å². The molecule has 0 nitrogen and oxygen atoms in total. The van der Waals surface area contributed by atoms with E-state index in [1.807, 2.05) is 6.07 Å². The first-order valence-corrected chi connectivity index (χ1v) is 7.87. The van der Waals surface area contributed by atoms with Crippen molar-refractivity contribution >= 4 is 38.9 Å². The SMILES string of the molecule is Cc1ccc(C(CBr)Cc2ccc(Cl)s2)cc1. The molecule has 0 amide bonds. The molecule has 1 aromatic heterocycles. The van der Waals surface area contributed by atoms with E-state index < -0.39 is 0 Å². The van der Waals surface area contributed by atoms with Crippen molar-refractivity contribution in [2.45, 2.75) is 19.3 Å². The minimum atomic E-state index is 0.519. The zero-order valence-electron chi connectivity index (χ0n) is 9.62. The lowest BCUT2D eigenvalue weighted by atomic mass is 9.96. The van der Waals surface area contributed by atoms with E-state index in [9.17, 15) is 0 Å². The Morgan fingerprint density at radius 2 is 1.88 bits per heavy atom. The van der Waals surface area contributed by atoms with Crippen LogP contribution in [0.4, 0.5) is 0 Å². The quantitative estimate of drug-likeness (QED) is 0.656. The number of hydrogen-bond donors (Lipinski definition) is 0. The van der Waals surface area contributed by atoms with Gasteiger partial charge in [-0.25, -0.2) is 0 Å². The van der Waals surface area contributed by atoms with Gasteiger partial charge in [0.25, 0.3) is 0 Å². The van der Waals surface area contributed by atoms with E-state index in [0.717, 1.165) is 16.1 Å². The Balaban J connectivity index is 2.13. The van der Waals surface area contributed by atoms with E-state index in [2.05, 4.69) is 53.2 Å². The number of hydrogen-bond acceptors (Lipinski definition) is 1. The number of thiophene rings is 1. The molecule has 17 heavy (non-hydrogen) atoms. The summed E-state index contributed by atoms with van der Waals surface area (Å²) >= 11 is 11.2. The maximum Gasteiger partial charge on any atom is 0.0931 e. The first-order chi connectivity index (χ1) is 8.19. The Morgan fingerprint density at radius 3 is 2.41 bits per heavy atom. The van der Waals surface area contributed by atoms with Gasteiger partial charge >= 0.3 is 0 Å². The molecule has 90 valence electrons. The number of benzene rings is 1.